The molecule has 0 saturated carbocycles. The van der Waals surface area contributed by atoms with E-state index in [2.05, 4.69) is 45.4 Å². The number of hydrogen-bond acceptors (Lipinski definition) is 4. The van der Waals surface area contributed by atoms with E-state index in [1.165, 1.54) is 10.5 Å². The zero-order chi connectivity index (χ0) is 16.2. The first-order chi connectivity index (χ1) is 11.1. The van der Waals surface area contributed by atoms with Crippen LogP contribution < -0.4 is 5.56 Å². The Bertz CT molecular complexity index is 728. The van der Waals surface area contributed by atoms with Crippen LogP contribution in [-0.2, 0) is 6.54 Å². The Morgan fingerprint density at radius 3 is 3.04 bits per heavy atom. The molecule has 2 aromatic rings. The van der Waals surface area contributed by atoms with Crippen molar-refractivity contribution in [2.75, 3.05) is 19.3 Å². The van der Waals surface area contributed by atoms with Gasteiger partial charge in [-0.05, 0) is 50.3 Å². The number of nitrogens with zero attached hydrogens (tertiary/aromatic N) is 2. The van der Waals surface area contributed by atoms with Crippen LogP contribution in [0.2, 0.25) is 0 Å². The average molecular weight is 329 g/mol. The number of likely N-dealkylation sites (tertiary alicyclic amines) is 1. The summed E-state index contributed by atoms with van der Waals surface area (Å²) in [7, 11) is 0. The van der Waals surface area contributed by atoms with Crippen molar-refractivity contribution in [3.8, 4) is 0 Å². The summed E-state index contributed by atoms with van der Waals surface area (Å²) in [5, 5.41) is 0. The predicted molar refractivity (Wildman–Crippen MR) is 95.1 cm³/mol. The molecule has 1 aliphatic heterocycles. The first kappa shape index (κ1) is 16.3. The van der Waals surface area contributed by atoms with Gasteiger partial charge in [0.25, 0.3) is 5.56 Å². The van der Waals surface area contributed by atoms with E-state index < -0.39 is 0 Å². The number of aromatic nitrogens is 2. The van der Waals surface area contributed by atoms with E-state index in [1.54, 1.807) is 17.8 Å². The summed E-state index contributed by atoms with van der Waals surface area (Å²) in [6, 6.07) is 10.4. The van der Waals surface area contributed by atoms with Gasteiger partial charge in [-0.2, -0.15) is 0 Å². The lowest BCUT2D eigenvalue weighted by molar-refractivity contribution is 0.198. The monoisotopic (exact) mass is 329 g/mol. The fourth-order valence-electron chi connectivity index (χ4n) is 3.28. The molecule has 1 N–H and O–H groups in total. The van der Waals surface area contributed by atoms with Gasteiger partial charge in [0.15, 0.2) is 0 Å². The number of H-pyrrole nitrogens is 1. The van der Waals surface area contributed by atoms with E-state index in [9.17, 15) is 4.79 Å². The largest absolute Gasteiger partial charge is 0.311 e. The first-order valence-electron chi connectivity index (χ1n) is 8.07. The topological polar surface area (TPSA) is 49.0 Å². The number of benzene rings is 1. The first-order valence-corrected chi connectivity index (χ1v) is 9.29. The highest BCUT2D eigenvalue weighted by atomic mass is 32.2. The molecule has 1 aromatic heterocycles. The molecule has 0 spiro atoms. The molecule has 5 heteroatoms. The molecule has 0 unspecified atom stereocenters. The summed E-state index contributed by atoms with van der Waals surface area (Å²) in [6.45, 7) is 4.90. The fourth-order valence-corrected chi connectivity index (χ4v) is 3.77. The van der Waals surface area contributed by atoms with Crippen LogP contribution in [0.4, 0.5) is 0 Å². The summed E-state index contributed by atoms with van der Waals surface area (Å²) in [5.41, 5.74) is 2.25. The van der Waals surface area contributed by atoms with Crippen LogP contribution in [0, 0.1) is 6.92 Å². The molecule has 2 heterocycles. The van der Waals surface area contributed by atoms with Gasteiger partial charge in [-0.3, -0.25) is 9.69 Å². The van der Waals surface area contributed by atoms with Gasteiger partial charge in [-0.1, -0.05) is 12.1 Å². The van der Waals surface area contributed by atoms with E-state index in [1.807, 2.05) is 6.92 Å². The SMILES string of the molecule is CSc1cccc(CN2CCC[C@H](c3cc(=O)[nH]c(C)n3)C2)c1. The van der Waals surface area contributed by atoms with Crippen molar-refractivity contribution in [1.29, 1.82) is 0 Å². The third kappa shape index (κ3) is 4.24. The molecule has 1 fully saturated rings. The van der Waals surface area contributed by atoms with Crippen molar-refractivity contribution in [3.63, 3.8) is 0 Å². The van der Waals surface area contributed by atoms with Gasteiger partial charge < -0.3 is 4.98 Å². The van der Waals surface area contributed by atoms with Crippen LogP contribution in [-0.4, -0.2) is 34.2 Å². The molecule has 0 bridgehead atoms. The normalized spacial score (nSPS) is 19.0. The van der Waals surface area contributed by atoms with Crippen molar-refractivity contribution in [3.05, 3.63) is 57.8 Å². The van der Waals surface area contributed by atoms with Crippen LogP contribution in [0.15, 0.2) is 40.0 Å². The van der Waals surface area contributed by atoms with Crippen molar-refractivity contribution >= 4 is 11.8 Å². The summed E-state index contributed by atoms with van der Waals surface area (Å²) < 4.78 is 0. The second kappa shape index (κ2) is 7.32. The smallest absolute Gasteiger partial charge is 0.251 e. The molecule has 0 aliphatic carbocycles. The molecule has 0 amide bonds. The predicted octanol–water partition coefficient (Wildman–Crippen LogP) is 3.18. The molecule has 3 rings (SSSR count). The second-order valence-electron chi connectivity index (χ2n) is 6.18. The third-order valence-electron chi connectivity index (χ3n) is 4.34. The second-order valence-corrected chi connectivity index (χ2v) is 7.06. The van der Waals surface area contributed by atoms with E-state index in [4.69, 9.17) is 0 Å². The van der Waals surface area contributed by atoms with Crippen LogP contribution in [0.5, 0.6) is 0 Å². The van der Waals surface area contributed by atoms with Crippen molar-refractivity contribution in [2.45, 2.75) is 37.1 Å². The highest BCUT2D eigenvalue weighted by molar-refractivity contribution is 7.98. The van der Waals surface area contributed by atoms with E-state index in [-0.39, 0.29) is 5.56 Å². The van der Waals surface area contributed by atoms with Crippen molar-refractivity contribution in [1.82, 2.24) is 14.9 Å². The van der Waals surface area contributed by atoms with Crippen molar-refractivity contribution in [2.24, 2.45) is 0 Å². The lowest BCUT2D eigenvalue weighted by Gasteiger charge is -2.32. The summed E-state index contributed by atoms with van der Waals surface area (Å²) >= 11 is 1.78. The van der Waals surface area contributed by atoms with Crippen LogP contribution in [0.1, 0.15) is 35.8 Å². The van der Waals surface area contributed by atoms with Gasteiger partial charge in [0, 0.05) is 30.0 Å². The lowest BCUT2D eigenvalue weighted by Crippen LogP contribution is -2.34. The number of hydrogen-bond donors (Lipinski definition) is 1. The van der Waals surface area contributed by atoms with E-state index in [0.29, 0.717) is 11.7 Å². The minimum atomic E-state index is -0.0442. The fraction of sp³-hybridized carbons (Fsp3) is 0.444. The molecule has 1 aliphatic rings. The van der Waals surface area contributed by atoms with E-state index >= 15 is 0 Å². The maximum absolute atomic E-state index is 11.7. The van der Waals surface area contributed by atoms with Crippen molar-refractivity contribution < 1.29 is 0 Å². The van der Waals surface area contributed by atoms with Crippen LogP contribution >= 0.6 is 11.8 Å². The van der Waals surface area contributed by atoms with Gasteiger partial charge in [-0.25, -0.2) is 4.98 Å². The van der Waals surface area contributed by atoms with E-state index in [0.717, 1.165) is 38.2 Å². The summed E-state index contributed by atoms with van der Waals surface area (Å²) in [4.78, 5) is 22.7. The molecule has 122 valence electrons. The minimum Gasteiger partial charge on any atom is -0.311 e. The zero-order valence-electron chi connectivity index (χ0n) is 13.7. The minimum absolute atomic E-state index is 0.0442. The van der Waals surface area contributed by atoms with Gasteiger partial charge in [0.1, 0.15) is 5.82 Å². The highest BCUT2D eigenvalue weighted by Gasteiger charge is 2.23. The summed E-state index contributed by atoms with van der Waals surface area (Å²) in [6.07, 6.45) is 4.37. The Hall–Kier alpha value is -1.59. The molecular formula is C18H23N3OS. The Morgan fingerprint density at radius 1 is 1.39 bits per heavy atom. The molecule has 0 radical (unpaired) electrons. The Labute approximate surface area is 141 Å². The van der Waals surface area contributed by atoms with Crippen LogP contribution in [0.25, 0.3) is 0 Å². The molecule has 23 heavy (non-hydrogen) atoms. The number of nitrogens with one attached hydrogen (secondary N) is 1. The number of piperidine rings is 1. The number of aromatic amines is 1. The lowest BCUT2D eigenvalue weighted by atomic mass is 9.94. The Balaban J connectivity index is 1.71. The standard InChI is InChI=1S/C18H23N3OS/c1-13-19-17(10-18(22)20-13)15-6-4-8-21(12-15)11-14-5-3-7-16(9-14)23-2/h3,5,7,9-10,15H,4,6,8,11-12H2,1-2H3,(H,19,20,22)/t15-/m0/s1. The highest BCUT2D eigenvalue weighted by Crippen LogP contribution is 2.26. The Kier molecular flexibility index (Phi) is 5.18. The number of aryl methyl sites for hydroxylation is 1. The third-order valence-corrected chi connectivity index (χ3v) is 5.07. The van der Waals surface area contributed by atoms with Crippen LogP contribution in [0.3, 0.4) is 0 Å². The Morgan fingerprint density at radius 2 is 2.26 bits per heavy atom. The van der Waals surface area contributed by atoms with Gasteiger partial charge in [0.05, 0.1) is 5.69 Å². The number of thioether (sulfide) groups is 1. The quantitative estimate of drug-likeness (QED) is 0.875. The summed E-state index contributed by atoms with van der Waals surface area (Å²) in [5.74, 6) is 1.06. The maximum Gasteiger partial charge on any atom is 0.251 e. The van der Waals surface area contributed by atoms with Gasteiger partial charge in [-0.15, -0.1) is 11.8 Å². The zero-order valence-corrected chi connectivity index (χ0v) is 14.5. The molecule has 1 saturated heterocycles. The molecule has 4 nitrogen and oxygen atoms in total. The van der Waals surface area contributed by atoms with Gasteiger partial charge >= 0.3 is 0 Å². The maximum atomic E-state index is 11.7. The number of rotatable bonds is 4. The average Bonchev–Trinajstić information content (AvgIpc) is 2.54. The van der Waals surface area contributed by atoms with Gasteiger partial charge in [0.2, 0.25) is 0 Å². The molecule has 1 aromatic carbocycles. The molecular weight excluding hydrogens is 306 g/mol. The molecule has 1 atom stereocenters.